The van der Waals surface area contributed by atoms with Gasteiger partial charge in [0.1, 0.15) is 16.2 Å². The van der Waals surface area contributed by atoms with Gasteiger partial charge in [0.2, 0.25) is 5.91 Å². The molecule has 9 heteroatoms. The summed E-state index contributed by atoms with van der Waals surface area (Å²) in [4.78, 5) is 24.7. The van der Waals surface area contributed by atoms with Crippen molar-refractivity contribution in [3.05, 3.63) is 94.0 Å². The van der Waals surface area contributed by atoms with Crippen LogP contribution in [0.2, 0.25) is 0 Å². The van der Waals surface area contributed by atoms with E-state index in [0.717, 1.165) is 11.1 Å². The van der Waals surface area contributed by atoms with E-state index in [1.807, 2.05) is 6.92 Å². The number of hydrogen-bond donors (Lipinski definition) is 1. The normalized spacial score (nSPS) is 11.8. The third-order valence-electron chi connectivity index (χ3n) is 5.14. The molecule has 0 aliphatic carbocycles. The number of nitrogens with one attached hydrogen (secondary N) is 1. The van der Waals surface area contributed by atoms with E-state index in [2.05, 4.69) is 21.2 Å². The molecule has 0 atom stereocenters. The molecule has 0 radical (unpaired) electrons. The van der Waals surface area contributed by atoms with Crippen molar-refractivity contribution in [3.63, 3.8) is 0 Å². The monoisotopic (exact) mass is 599 g/mol. The lowest BCUT2D eigenvalue weighted by Crippen LogP contribution is -2.22. The largest absolute Gasteiger partial charge is 0.457 e. The number of ether oxygens (including phenoxy) is 1. The number of rotatable bonds is 9. The van der Waals surface area contributed by atoms with Crippen molar-refractivity contribution in [1.29, 1.82) is 0 Å². The van der Waals surface area contributed by atoms with Gasteiger partial charge in [-0.3, -0.25) is 4.79 Å². The van der Waals surface area contributed by atoms with Gasteiger partial charge in [0.05, 0.1) is 5.69 Å². The third kappa shape index (κ3) is 9.15. The topological polar surface area (TPSA) is 98.8 Å². The Bertz CT molecular complexity index is 1440. The molecule has 0 unspecified atom stereocenters. The van der Waals surface area contributed by atoms with Crippen LogP contribution in [-0.4, -0.2) is 25.9 Å². The van der Waals surface area contributed by atoms with Gasteiger partial charge < -0.3 is 14.2 Å². The second-order valence-electron chi connectivity index (χ2n) is 9.65. The Morgan fingerprint density at radius 3 is 2.39 bits per heavy atom. The first-order valence-electron chi connectivity index (χ1n) is 11.9. The van der Waals surface area contributed by atoms with Crippen molar-refractivity contribution in [1.82, 2.24) is 0 Å². The highest BCUT2D eigenvalue weighted by Gasteiger charge is 2.17. The fourth-order valence-corrected chi connectivity index (χ4v) is 4.61. The van der Waals surface area contributed by atoms with Gasteiger partial charge in [-0.25, -0.2) is 4.79 Å². The van der Waals surface area contributed by atoms with Gasteiger partial charge in [0, 0.05) is 17.0 Å². The van der Waals surface area contributed by atoms with E-state index in [1.54, 1.807) is 81.4 Å². The molecule has 0 aliphatic heterocycles. The van der Waals surface area contributed by atoms with Gasteiger partial charge in [-0.2, -0.15) is 8.42 Å². The van der Waals surface area contributed by atoms with Crippen molar-refractivity contribution >= 4 is 49.7 Å². The van der Waals surface area contributed by atoms with Crippen LogP contribution in [0.1, 0.15) is 43.9 Å². The third-order valence-corrected chi connectivity index (χ3v) is 7.09. The van der Waals surface area contributed by atoms with Crippen LogP contribution in [0.5, 0.6) is 5.75 Å². The lowest BCUT2D eigenvalue weighted by molar-refractivity contribution is -0.148. The standard InChI is InChI=1S/C29H30BrNO6S/c1-20-8-13-24(14-9-20)38(34,35)37-23-7-5-6-21(18-23)11-16-27(32)31-26-19-22(10-15-25(26)30)12-17-28(33)36-29(2,3)4/h5-10,12-15,17-19H,11,16H2,1-4H3,(H,31,32)/b17-12+. The molecule has 0 heterocycles. The molecule has 0 saturated carbocycles. The number of carbonyl (C=O) groups is 2. The van der Waals surface area contributed by atoms with Crippen LogP contribution >= 0.6 is 15.9 Å². The SMILES string of the molecule is Cc1ccc(S(=O)(=O)Oc2cccc(CCC(=O)Nc3cc(/C=C/C(=O)OC(C)(C)C)ccc3Br)c2)cc1. The Morgan fingerprint density at radius 1 is 1.00 bits per heavy atom. The second-order valence-corrected chi connectivity index (χ2v) is 12.1. The number of carbonyl (C=O) groups excluding carboxylic acids is 2. The lowest BCUT2D eigenvalue weighted by Gasteiger charge is -2.17. The molecular weight excluding hydrogens is 570 g/mol. The number of anilines is 1. The summed E-state index contributed by atoms with van der Waals surface area (Å²) in [6.45, 7) is 7.25. The van der Waals surface area contributed by atoms with Crippen molar-refractivity contribution in [2.24, 2.45) is 0 Å². The number of hydrogen-bond acceptors (Lipinski definition) is 6. The maximum absolute atomic E-state index is 12.6. The fraction of sp³-hybridized carbons (Fsp3) is 0.241. The maximum Gasteiger partial charge on any atom is 0.339 e. The predicted octanol–water partition coefficient (Wildman–Crippen LogP) is 6.45. The zero-order valence-corrected chi connectivity index (χ0v) is 24.1. The smallest absolute Gasteiger partial charge is 0.339 e. The summed E-state index contributed by atoms with van der Waals surface area (Å²) in [6, 6.07) is 18.4. The molecular formula is C29H30BrNO6S. The second kappa shape index (κ2) is 12.4. The van der Waals surface area contributed by atoms with Crippen molar-refractivity contribution in [2.75, 3.05) is 5.32 Å². The molecule has 3 aromatic rings. The molecule has 1 amide bonds. The van der Waals surface area contributed by atoms with Gasteiger partial charge in [0.25, 0.3) is 0 Å². The Morgan fingerprint density at radius 2 is 1.71 bits per heavy atom. The first kappa shape index (κ1) is 29.1. The average Bonchev–Trinajstić information content (AvgIpc) is 2.82. The summed E-state index contributed by atoms with van der Waals surface area (Å²) >= 11 is 3.43. The van der Waals surface area contributed by atoms with E-state index in [9.17, 15) is 18.0 Å². The minimum absolute atomic E-state index is 0.0710. The maximum atomic E-state index is 12.6. The number of halogens is 1. The van der Waals surface area contributed by atoms with Crippen LogP contribution in [0, 0.1) is 6.92 Å². The van der Waals surface area contributed by atoms with Gasteiger partial charge in [-0.05, 0) is 104 Å². The minimum Gasteiger partial charge on any atom is -0.457 e. The Hall–Kier alpha value is -3.43. The molecule has 200 valence electrons. The van der Waals surface area contributed by atoms with E-state index < -0.39 is 21.7 Å². The highest BCUT2D eigenvalue weighted by Crippen LogP contribution is 2.25. The molecule has 0 fully saturated rings. The molecule has 1 N–H and O–H groups in total. The minimum atomic E-state index is -3.97. The Kier molecular flexibility index (Phi) is 9.51. The Balaban J connectivity index is 1.60. The zero-order chi connectivity index (χ0) is 27.9. The Labute approximate surface area is 232 Å². The van der Waals surface area contributed by atoms with Gasteiger partial charge in [-0.1, -0.05) is 35.9 Å². The quantitative estimate of drug-likeness (QED) is 0.172. The first-order chi connectivity index (χ1) is 17.8. The number of amides is 1. The zero-order valence-electron chi connectivity index (χ0n) is 21.7. The van der Waals surface area contributed by atoms with Gasteiger partial charge >= 0.3 is 16.1 Å². The number of benzene rings is 3. The summed E-state index contributed by atoms with van der Waals surface area (Å²) in [5.41, 5.74) is 2.39. The summed E-state index contributed by atoms with van der Waals surface area (Å²) in [7, 11) is -3.97. The van der Waals surface area contributed by atoms with Crippen molar-refractivity contribution in [2.45, 2.75) is 51.0 Å². The molecule has 0 bridgehead atoms. The van der Waals surface area contributed by atoms with Crippen LogP contribution in [0.25, 0.3) is 6.08 Å². The van der Waals surface area contributed by atoms with Crippen LogP contribution in [0.15, 0.2) is 82.2 Å². The molecule has 3 rings (SSSR count). The van der Waals surface area contributed by atoms with Crippen molar-refractivity contribution in [3.8, 4) is 5.75 Å². The lowest BCUT2D eigenvalue weighted by atomic mass is 10.1. The van der Waals surface area contributed by atoms with Crippen LogP contribution in [0.4, 0.5) is 5.69 Å². The molecule has 0 aliphatic rings. The van der Waals surface area contributed by atoms with E-state index in [4.69, 9.17) is 8.92 Å². The van der Waals surface area contributed by atoms with Crippen molar-refractivity contribution < 1.29 is 26.9 Å². The molecule has 0 aromatic heterocycles. The molecule has 0 saturated heterocycles. The summed E-state index contributed by atoms with van der Waals surface area (Å²) in [6.07, 6.45) is 3.50. The highest BCUT2D eigenvalue weighted by atomic mass is 79.9. The van der Waals surface area contributed by atoms with Crippen LogP contribution in [0.3, 0.4) is 0 Å². The summed E-state index contributed by atoms with van der Waals surface area (Å²) in [5, 5.41) is 2.86. The molecule has 7 nitrogen and oxygen atoms in total. The van der Waals surface area contributed by atoms with Crippen LogP contribution < -0.4 is 9.50 Å². The molecule has 0 spiro atoms. The van der Waals surface area contributed by atoms with Gasteiger partial charge in [-0.15, -0.1) is 0 Å². The number of aryl methyl sites for hydroxylation is 2. The van der Waals surface area contributed by atoms with Gasteiger partial charge in [0.15, 0.2) is 0 Å². The van der Waals surface area contributed by atoms with E-state index >= 15 is 0 Å². The van der Waals surface area contributed by atoms with E-state index in [0.29, 0.717) is 22.1 Å². The summed E-state index contributed by atoms with van der Waals surface area (Å²) in [5.74, 6) is -0.503. The van der Waals surface area contributed by atoms with Crippen LogP contribution in [-0.2, 0) is 30.9 Å². The number of esters is 1. The highest BCUT2D eigenvalue weighted by molar-refractivity contribution is 9.10. The molecule has 3 aromatic carbocycles. The van der Waals surface area contributed by atoms with E-state index in [1.165, 1.54) is 18.2 Å². The predicted molar refractivity (Wildman–Crippen MR) is 151 cm³/mol. The first-order valence-corrected chi connectivity index (χ1v) is 14.1. The van der Waals surface area contributed by atoms with E-state index in [-0.39, 0.29) is 23.0 Å². The molecule has 38 heavy (non-hydrogen) atoms. The summed E-state index contributed by atoms with van der Waals surface area (Å²) < 4.78 is 36.4. The fourth-order valence-electron chi connectivity index (χ4n) is 3.35. The average molecular weight is 601 g/mol.